The van der Waals surface area contributed by atoms with Gasteiger partial charge in [0.2, 0.25) is 5.28 Å². The molecule has 4 aromatic heterocycles. The topological polar surface area (TPSA) is 215 Å². The molecule has 0 amide bonds. The van der Waals surface area contributed by atoms with Crippen LogP contribution in [0.25, 0.3) is 50.2 Å². The molecule has 0 aliphatic heterocycles. The van der Waals surface area contributed by atoms with Gasteiger partial charge in [-0.2, -0.15) is 13.7 Å². The van der Waals surface area contributed by atoms with E-state index in [2.05, 4.69) is 111 Å². The van der Waals surface area contributed by atoms with Crippen LogP contribution in [0, 0.1) is 0 Å². The Balaban J connectivity index is -0.00000111. The van der Waals surface area contributed by atoms with Crippen molar-refractivity contribution in [1.82, 2.24) is 37.0 Å². The van der Waals surface area contributed by atoms with Crippen LogP contribution in [-0.4, -0.2) is 84.3 Å². The molecule has 0 aliphatic carbocycles. The summed E-state index contributed by atoms with van der Waals surface area (Å²) >= 11 is 23.4. The Bertz CT molecular complexity index is 4020. The SMILES string of the molecule is C.C.C.C.C=CC.C=Cc1cccc2c1n(C(=O)OC(C)(C)C)c(=O)n2C(C)C.CC(C)n1c(=O)n(C(=O)OC(C)(C)C)c2c(Br)cccc21.CCc1cccc2c1n(C(=O)OC(C)(C)C)c(=O)n2C(C)C.CCc1cccc2c1nc(Cl)n2C(C)C.CO.O=P(Cl)(Cl)Cl. The molecule has 0 atom stereocenters. The molecule has 0 bridgehead atoms. The first kappa shape index (κ1) is 92.1. The van der Waals surface area contributed by atoms with Crippen molar-refractivity contribution in [3.8, 4) is 0 Å². The Hall–Kier alpha value is -6.12. The maximum absolute atomic E-state index is 12.8. The van der Waals surface area contributed by atoms with E-state index in [0.29, 0.717) is 43.4 Å². The van der Waals surface area contributed by atoms with E-state index in [4.69, 9.17) is 30.9 Å². The van der Waals surface area contributed by atoms with Crippen molar-refractivity contribution in [2.24, 2.45) is 0 Å². The molecule has 4 aromatic carbocycles. The van der Waals surface area contributed by atoms with Crippen LogP contribution in [0.15, 0.2) is 111 Å². The van der Waals surface area contributed by atoms with Crippen LogP contribution in [0.3, 0.4) is 0 Å². The number of hydrogen-bond acceptors (Lipinski definition) is 12. The minimum atomic E-state index is -3.22. The lowest BCUT2D eigenvalue weighted by Gasteiger charge is -2.19. The fraction of sp³-hybridized carbons (Fsp3) is 0.493. The van der Waals surface area contributed by atoms with E-state index in [1.807, 2.05) is 104 Å². The summed E-state index contributed by atoms with van der Waals surface area (Å²) in [5.74, 6) is 0. The first-order chi connectivity index (χ1) is 41.5. The first-order valence-electron chi connectivity index (χ1n) is 29.1. The minimum Gasteiger partial charge on any atom is -0.443 e. The molecular formula is C69H106BrCl4N8O11P. The number of aryl methyl sites for hydroxylation is 2. The zero-order chi connectivity index (χ0) is 69.5. The van der Waals surface area contributed by atoms with Gasteiger partial charge in [-0.3, -0.25) is 18.3 Å². The first-order valence-corrected chi connectivity index (χ1v) is 34.7. The Morgan fingerprint density at radius 2 is 0.830 bits per heavy atom. The lowest BCUT2D eigenvalue weighted by atomic mass is 10.1. The molecule has 19 nitrogen and oxygen atoms in total. The zero-order valence-electron chi connectivity index (χ0n) is 55.7. The molecule has 0 saturated heterocycles. The molecule has 8 rings (SSSR count). The third-order valence-corrected chi connectivity index (χ3v) is 13.2. The number of hydrogen-bond donors (Lipinski definition) is 1. The molecule has 0 spiro atoms. The van der Waals surface area contributed by atoms with Crippen molar-refractivity contribution in [3.05, 3.63) is 150 Å². The number of allylic oxidation sites excluding steroid dienone is 1. The number of rotatable bonds is 7. The smallest absolute Gasteiger partial charge is 0.423 e. The molecule has 1 N–H and O–H groups in total. The van der Waals surface area contributed by atoms with E-state index < -0.39 is 46.0 Å². The Labute approximate surface area is 585 Å². The average Bonchev–Trinajstić information content (AvgIpc) is 1.62. The summed E-state index contributed by atoms with van der Waals surface area (Å²) in [4.78, 5) is 79.9. The van der Waals surface area contributed by atoms with E-state index >= 15 is 0 Å². The van der Waals surface area contributed by atoms with Crippen molar-refractivity contribution >= 4 is 135 Å². The minimum absolute atomic E-state index is 0. The highest BCUT2D eigenvalue weighted by molar-refractivity contribution is 9.10. The van der Waals surface area contributed by atoms with Crippen molar-refractivity contribution in [2.75, 3.05) is 7.11 Å². The van der Waals surface area contributed by atoms with Gasteiger partial charge in [-0.15, -0.1) is 6.58 Å². The van der Waals surface area contributed by atoms with Gasteiger partial charge in [0.1, 0.15) is 16.8 Å². The van der Waals surface area contributed by atoms with Crippen LogP contribution >= 0.6 is 66.5 Å². The van der Waals surface area contributed by atoms with Crippen molar-refractivity contribution in [2.45, 2.75) is 222 Å². The molecule has 94 heavy (non-hydrogen) atoms. The number of carbonyl (C=O) groups excluding carboxylic acids is 3. The van der Waals surface area contributed by atoms with Gasteiger partial charge in [-0.1, -0.05) is 105 Å². The summed E-state index contributed by atoms with van der Waals surface area (Å²) < 4.78 is 36.6. The van der Waals surface area contributed by atoms with Gasteiger partial charge in [-0.25, -0.2) is 33.8 Å². The summed E-state index contributed by atoms with van der Waals surface area (Å²) in [6, 6.07) is 23.1. The predicted octanol–water partition coefficient (Wildman–Crippen LogP) is 21.5. The number of ether oxygens (including phenoxy) is 3. The Morgan fingerprint density at radius 1 is 0.543 bits per heavy atom. The van der Waals surface area contributed by atoms with Crippen LogP contribution in [0.5, 0.6) is 0 Å². The van der Waals surface area contributed by atoms with Crippen LogP contribution in [-0.2, 0) is 31.6 Å². The summed E-state index contributed by atoms with van der Waals surface area (Å²) in [5, 5.41) is 4.36. The van der Waals surface area contributed by atoms with Gasteiger partial charge < -0.3 is 23.9 Å². The fourth-order valence-corrected chi connectivity index (χ4v) is 10.1. The molecule has 0 aliphatic rings. The largest absolute Gasteiger partial charge is 0.443 e. The number of halogens is 5. The van der Waals surface area contributed by atoms with E-state index in [-0.39, 0.29) is 59.2 Å². The maximum atomic E-state index is 12.8. The van der Waals surface area contributed by atoms with Gasteiger partial charge in [-0.05, 0) is 240 Å². The van der Waals surface area contributed by atoms with Crippen LogP contribution in [0.4, 0.5) is 14.4 Å². The molecule has 528 valence electrons. The molecule has 4 heterocycles. The lowest BCUT2D eigenvalue weighted by Crippen LogP contribution is -2.35. The van der Waals surface area contributed by atoms with Crippen molar-refractivity contribution in [1.29, 1.82) is 0 Å². The molecule has 25 heteroatoms. The molecule has 8 aromatic rings. The zero-order valence-corrected chi connectivity index (χ0v) is 61.2. The summed E-state index contributed by atoms with van der Waals surface area (Å²) in [5.41, 5.74) is 5.88. The summed E-state index contributed by atoms with van der Waals surface area (Å²) in [6.45, 7) is 44.9. The number of aromatic nitrogens is 8. The van der Waals surface area contributed by atoms with E-state index in [9.17, 15) is 33.3 Å². The number of nitrogens with zero attached hydrogens (tertiary/aromatic N) is 8. The second-order valence-corrected chi connectivity index (χ2v) is 32.0. The molecular weight excluding hydrogens is 1370 g/mol. The third kappa shape index (κ3) is 24.5. The number of aliphatic hydroxyl groups is 1. The molecule has 0 saturated carbocycles. The molecule has 0 radical (unpaired) electrons. The number of aliphatic hydroxyl groups excluding tert-OH is 1. The lowest BCUT2D eigenvalue weighted by molar-refractivity contribution is 0.0525. The molecule has 0 unspecified atom stereocenters. The Morgan fingerprint density at radius 3 is 1.16 bits per heavy atom. The summed E-state index contributed by atoms with van der Waals surface area (Å²) in [6.07, 6.45) is 3.15. The number of imidazole rings is 4. The summed E-state index contributed by atoms with van der Waals surface area (Å²) in [7, 11) is 1.00. The monoisotopic (exact) mass is 1470 g/mol. The average molecular weight is 1480 g/mol. The number of benzene rings is 4. The quantitative estimate of drug-likeness (QED) is 0.0896. The second kappa shape index (κ2) is 39.2. The number of fused-ring (bicyclic) bond motifs is 4. The van der Waals surface area contributed by atoms with Crippen LogP contribution in [0.2, 0.25) is 5.28 Å². The highest BCUT2D eigenvalue weighted by Crippen LogP contribution is 2.61. The highest BCUT2D eigenvalue weighted by Gasteiger charge is 2.29. The standard InChI is InChI=1S/C17H24N2O3.C17H22N2O3.C15H19BrN2O3.C12H15ClN2.C3H6.CH4O.4CH4.Cl3OP/c2*1-7-12-9-8-10-13-14(12)19(15(20)18(13)11(2)3)16(21)22-17(4,5)6;1-9(2)17-11-8-6-7-10(16)12(11)18(13(17)19)14(20)21-15(3,4)5;1-4-9-6-5-7-10-11(9)14-12(13)15(10)8(2)3;1-3-2;1-2;;;;;1-5(2,3)4/h8-11H,7H2,1-6H3;7-11H,1H2,2-6H3;6-9H,1-5H3;5-8H,4H2,1-3H3;3H,1H2,2H3;2H,1H3;4*1H4;. The van der Waals surface area contributed by atoms with Gasteiger partial charge in [0.25, 0.3) is 0 Å². The van der Waals surface area contributed by atoms with Crippen LogP contribution < -0.4 is 17.1 Å². The second-order valence-electron chi connectivity index (χ2n) is 24.1. The fourth-order valence-electron chi connectivity index (χ4n) is 9.16. The normalized spacial score (nSPS) is 11.0. The van der Waals surface area contributed by atoms with Crippen LogP contribution in [0.1, 0.15) is 209 Å². The van der Waals surface area contributed by atoms with E-state index in [0.717, 1.165) is 56.8 Å². The van der Waals surface area contributed by atoms with Crippen molar-refractivity contribution in [3.63, 3.8) is 0 Å². The van der Waals surface area contributed by atoms with Crippen molar-refractivity contribution < 1.29 is 38.3 Å². The van der Waals surface area contributed by atoms with E-state index in [1.54, 1.807) is 94.2 Å². The number of para-hydroxylation sites is 4. The van der Waals surface area contributed by atoms with Gasteiger partial charge >= 0.3 is 40.5 Å². The third-order valence-electron chi connectivity index (χ3n) is 12.3. The van der Waals surface area contributed by atoms with Gasteiger partial charge in [0.05, 0.1) is 44.1 Å². The Kier molecular flexibility index (Phi) is 38.4. The van der Waals surface area contributed by atoms with Gasteiger partial charge in [0, 0.05) is 41.3 Å². The number of carbonyl (C=O) groups is 3. The predicted molar refractivity (Wildman–Crippen MR) is 402 cm³/mol. The molecule has 0 fully saturated rings. The maximum Gasteiger partial charge on any atom is 0.423 e. The van der Waals surface area contributed by atoms with Gasteiger partial charge in [0.15, 0.2) is 0 Å². The highest BCUT2D eigenvalue weighted by atomic mass is 79.9. The van der Waals surface area contributed by atoms with E-state index in [1.165, 1.54) is 10.1 Å².